The number of nitrogens with one attached hydrogen (secondary N) is 3. The van der Waals surface area contributed by atoms with Crippen molar-refractivity contribution in [1.82, 2.24) is 25.6 Å². The minimum absolute atomic E-state index is 0.0377. The quantitative estimate of drug-likeness (QED) is 0.379. The van der Waals surface area contributed by atoms with Gasteiger partial charge in [-0.25, -0.2) is 14.7 Å². The normalized spacial score (nSPS) is 16.3. The molecule has 1 amide bonds. The molecule has 1 aliphatic carbocycles. The molecule has 1 fully saturated rings. The number of carbonyl (C=O) groups is 1. The van der Waals surface area contributed by atoms with E-state index in [4.69, 9.17) is 0 Å². The lowest BCUT2D eigenvalue weighted by Crippen LogP contribution is -2.73. The van der Waals surface area contributed by atoms with Crippen molar-refractivity contribution in [2.45, 2.75) is 64.0 Å². The first-order chi connectivity index (χ1) is 18.1. The molecule has 0 bridgehead atoms. The number of anilines is 2. The van der Waals surface area contributed by atoms with Gasteiger partial charge in [0.25, 0.3) is 5.91 Å². The molecule has 0 spiro atoms. The van der Waals surface area contributed by atoms with Gasteiger partial charge in [-0.2, -0.15) is 15.2 Å². The van der Waals surface area contributed by atoms with Gasteiger partial charge >= 0.3 is 0 Å². The summed E-state index contributed by atoms with van der Waals surface area (Å²) >= 11 is 0. The fourth-order valence-corrected chi connectivity index (χ4v) is 4.61. The number of hydrogen-bond donors (Lipinski definition) is 4. The van der Waals surface area contributed by atoms with Gasteiger partial charge in [-0.3, -0.25) is 4.79 Å². The molecule has 38 heavy (non-hydrogen) atoms. The van der Waals surface area contributed by atoms with Gasteiger partial charge in [0.15, 0.2) is 0 Å². The van der Waals surface area contributed by atoms with Gasteiger partial charge in [-0.1, -0.05) is 19.9 Å². The molecule has 10 heteroatoms. The molecular formula is C28H32FN8O+. The largest absolute Gasteiger partial charge is 0.349 e. The average Bonchev–Trinajstić information content (AvgIpc) is 3.69. The zero-order valence-electron chi connectivity index (χ0n) is 22.0. The van der Waals surface area contributed by atoms with Gasteiger partial charge in [0.1, 0.15) is 17.1 Å². The monoisotopic (exact) mass is 515 g/mol. The van der Waals surface area contributed by atoms with E-state index in [2.05, 4.69) is 63.0 Å². The minimum atomic E-state index is -1.12. The second kappa shape index (κ2) is 9.74. The Kier molecular flexibility index (Phi) is 6.59. The average molecular weight is 516 g/mol. The summed E-state index contributed by atoms with van der Waals surface area (Å²) in [5.74, 6) is 0.225. The lowest BCUT2D eigenvalue weighted by Gasteiger charge is -2.33. The number of nitrogens with zero attached hydrogens (tertiary/aromatic N) is 4. The Balaban J connectivity index is 1.47. The van der Waals surface area contributed by atoms with Crippen LogP contribution in [0.15, 0.2) is 36.5 Å². The predicted octanol–water partition coefficient (Wildman–Crippen LogP) is 3.36. The lowest BCUT2D eigenvalue weighted by molar-refractivity contribution is -0.487. The van der Waals surface area contributed by atoms with E-state index in [9.17, 15) is 14.4 Å². The summed E-state index contributed by atoms with van der Waals surface area (Å²) in [4.78, 5) is 26.4. The molecule has 2 aliphatic rings. The van der Waals surface area contributed by atoms with E-state index in [0.29, 0.717) is 23.1 Å². The van der Waals surface area contributed by atoms with Crippen LogP contribution in [0.1, 0.15) is 67.7 Å². The van der Waals surface area contributed by atoms with Crippen LogP contribution in [0.5, 0.6) is 0 Å². The fraction of sp³-hybridized carbons (Fsp3) is 0.393. The molecule has 1 saturated carbocycles. The van der Waals surface area contributed by atoms with E-state index in [-0.39, 0.29) is 23.1 Å². The first-order valence-electron chi connectivity index (χ1n) is 12.8. The first kappa shape index (κ1) is 25.7. The first-order valence-corrected chi connectivity index (χ1v) is 12.8. The molecule has 0 saturated heterocycles. The molecule has 5 N–H and O–H groups in total. The van der Waals surface area contributed by atoms with E-state index >= 15 is 0 Å². The van der Waals surface area contributed by atoms with Crippen molar-refractivity contribution in [3.8, 4) is 6.07 Å². The summed E-state index contributed by atoms with van der Waals surface area (Å²) < 4.78 is 14.5. The number of aromatic nitrogens is 3. The van der Waals surface area contributed by atoms with E-state index in [1.165, 1.54) is 29.5 Å². The number of halogens is 1. The lowest BCUT2D eigenvalue weighted by atomic mass is 9.79. The summed E-state index contributed by atoms with van der Waals surface area (Å²) in [5, 5.41) is 20.8. The second-order valence-electron chi connectivity index (χ2n) is 11.2. The summed E-state index contributed by atoms with van der Waals surface area (Å²) in [6.07, 6.45) is 3.38. The molecule has 2 aromatic heterocycles. The molecule has 3 aromatic rings. The molecule has 5 rings (SSSR count). The Morgan fingerprint density at radius 3 is 2.76 bits per heavy atom. The smallest absolute Gasteiger partial charge is 0.260 e. The van der Waals surface area contributed by atoms with Crippen molar-refractivity contribution in [3.63, 3.8) is 0 Å². The molecule has 9 nitrogen and oxygen atoms in total. The number of nitrogens with two attached hydrogens (primary N) is 1. The molecule has 196 valence electrons. The number of fused-ring (bicyclic) bond motifs is 1. The number of amides is 1. The number of hydrogen-bond acceptors (Lipinski definition) is 7. The molecule has 0 unspecified atom stereocenters. The zero-order chi connectivity index (χ0) is 27.1. The summed E-state index contributed by atoms with van der Waals surface area (Å²) in [5.41, 5.74) is 2.62. The molecule has 0 atom stereocenters. The summed E-state index contributed by atoms with van der Waals surface area (Å²) in [6, 6.07) is 11.2. The highest BCUT2D eigenvalue weighted by atomic mass is 19.1. The van der Waals surface area contributed by atoms with Crippen molar-refractivity contribution < 1.29 is 14.5 Å². The van der Waals surface area contributed by atoms with Gasteiger partial charge < -0.3 is 16.0 Å². The minimum Gasteiger partial charge on any atom is -0.349 e. The van der Waals surface area contributed by atoms with Crippen molar-refractivity contribution >= 4 is 29.2 Å². The molecule has 1 aliphatic heterocycles. The maximum atomic E-state index is 14.5. The number of rotatable bonds is 7. The van der Waals surface area contributed by atoms with Crippen LogP contribution in [-0.2, 0) is 17.4 Å². The van der Waals surface area contributed by atoms with Gasteiger partial charge in [-0.05, 0) is 56.0 Å². The van der Waals surface area contributed by atoms with Crippen LogP contribution in [0.4, 0.5) is 27.7 Å². The fourth-order valence-electron chi connectivity index (χ4n) is 4.61. The van der Waals surface area contributed by atoms with Gasteiger partial charge in [-0.15, -0.1) is 0 Å². The van der Waals surface area contributed by atoms with Crippen molar-refractivity contribution in [3.05, 3.63) is 64.7 Å². The third kappa shape index (κ3) is 5.35. The topological polar surface area (TPSA) is 132 Å². The molecule has 0 radical (unpaired) electrons. The van der Waals surface area contributed by atoms with Crippen molar-refractivity contribution in [2.24, 2.45) is 0 Å². The summed E-state index contributed by atoms with van der Waals surface area (Å²) in [6.45, 7) is 9.36. The summed E-state index contributed by atoms with van der Waals surface area (Å²) in [7, 11) is 0. The van der Waals surface area contributed by atoms with Crippen LogP contribution in [0.3, 0.4) is 0 Å². The standard InChI is InChI=1S/C28H31FN8O/c1-27(2,14-30)23-21(29)9-10-22(35-23)36-24-19(25(38)33-17-5-6-17)13-32-26(37-24)34-18-7-8-20-16(11-18)12-31-15-28(20,3)4/h7-11,13,17,31H,5-6,12,15H2,1-4H3,(H,33,38)(H2,32,34,35,36,37)/p+1. The Hall–Kier alpha value is -3.94. The Labute approximate surface area is 221 Å². The number of benzene rings is 1. The van der Waals surface area contributed by atoms with Crippen LogP contribution in [0.25, 0.3) is 0 Å². The number of quaternary nitrogens is 1. The van der Waals surface area contributed by atoms with E-state index < -0.39 is 11.2 Å². The van der Waals surface area contributed by atoms with Crippen LogP contribution >= 0.6 is 0 Å². The maximum Gasteiger partial charge on any atom is 0.260 e. The molecule has 1 aromatic carbocycles. The van der Waals surface area contributed by atoms with Crippen LogP contribution in [0, 0.1) is 17.1 Å². The SMILES string of the molecule is CC(C)(C#N)c1nc([NH2+]c2nc(Nc3ccc4c(c3)CNCC4(C)C)ncc2C(=O)NC2CC2)ccc1F. The maximum absolute atomic E-state index is 14.5. The predicted molar refractivity (Wildman–Crippen MR) is 141 cm³/mol. The Bertz CT molecular complexity index is 1440. The molecule has 3 heterocycles. The molecular weight excluding hydrogens is 483 g/mol. The highest BCUT2D eigenvalue weighted by molar-refractivity contribution is 5.97. The Morgan fingerprint density at radius 2 is 2.03 bits per heavy atom. The third-order valence-corrected chi connectivity index (χ3v) is 6.97. The van der Waals surface area contributed by atoms with Gasteiger partial charge in [0.2, 0.25) is 17.6 Å². The van der Waals surface area contributed by atoms with Crippen LogP contribution < -0.4 is 21.3 Å². The highest BCUT2D eigenvalue weighted by Gasteiger charge is 2.30. The van der Waals surface area contributed by atoms with Crippen molar-refractivity contribution in [1.29, 1.82) is 5.26 Å². The van der Waals surface area contributed by atoms with Crippen molar-refractivity contribution in [2.75, 3.05) is 11.9 Å². The van der Waals surface area contributed by atoms with Gasteiger partial charge in [0, 0.05) is 36.3 Å². The van der Waals surface area contributed by atoms with Crippen LogP contribution in [0.2, 0.25) is 0 Å². The third-order valence-electron chi connectivity index (χ3n) is 6.97. The second-order valence-corrected chi connectivity index (χ2v) is 11.2. The van der Waals surface area contributed by atoms with E-state index in [1.807, 2.05) is 6.07 Å². The Morgan fingerprint density at radius 1 is 1.24 bits per heavy atom. The highest BCUT2D eigenvalue weighted by Crippen LogP contribution is 2.32. The number of pyridine rings is 1. The van der Waals surface area contributed by atoms with Crippen LogP contribution in [-0.4, -0.2) is 33.4 Å². The zero-order valence-corrected chi connectivity index (χ0v) is 22.0. The number of carbonyl (C=O) groups excluding carboxylic acids is 1. The number of nitriles is 1. The van der Waals surface area contributed by atoms with E-state index in [1.54, 1.807) is 19.2 Å². The van der Waals surface area contributed by atoms with E-state index in [0.717, 1.165) is 31.6 Å². The van der Waals surface area contributed by atoms with Gasteiger partial charge in [0.05, 0.1) is 17.7 Å².